The van der Waals surface area contributed by atoms with Crippen molar-refractivity contribution in [2.45, 2.75) is 32.3 Å². The molecule has 2 amide bonds. The molecule has 1 aromatic heterocycles. The number of benzene rings is 1. The Morgan fingerprint density at radius 1 is 0.900 bits per heavy atom. The Labute approximate surface area is 175 Å². The minimum atomic E-state index is -0.239. The lowest BCUT2D eigenvalue weighted by Crippen LogP contribution is -2.40. The molecule has 0 atom stereocenters. The third kappa shape index (κ3) is 4.56. The number of amides is 2. The van der Waals surface area contributed by atoms with Gasteiger partial charge in [-0.1, -0.05) is 12.1 Å². The van der Waals surface area contributed by atoms with Crippen LogP contribution in [0.4, 0.5) is 0 Å². The van der Waals surface area contributed by atoms with E-state index in [1.54, 1.807) is 29.2 Å². The number of hydrogen-bond donors (Lipinski definition) is 0. The number of furan rings is 1. The molecule has 1 aromatic carbocycles. The Kier molecular flexibility index (Phi) is 6.16. The second-order valence-electron chi connectivity index (χ2n) is 7.85. The van der Waals surface area contributed by atoms with E-state index in [-0.39, 0.29) is 30.3 Å². The van der Waals surface area contributed by atoms with Gasteiger partial charge in [-0.2, -0.15) is 0 Å². The maximum absolute atomic E-state index is 12.4. The fraction of sp³-hybridized carbons (Fsp3) is 0.435. The Morgan fingerprint density at radius 3 is 2.20 bits per heavy atom. The number of rotatable bonds is 5. The molecule has 2 aliphatic rings. The van der Waals surface area contributed by atoms with Crippen LogP contribution in [0.1, 0.15) is 52.2 Å². The van der Waals surface area contributed by atoms with Crippen LogP contribution in [0, 0.1) is 5.92 Å². The zero-order valence-electron chi connectivity index (χ0n) is 16.9. The van der Waals surface area contributed by atoms with Gasteiger partial charge in [0.1, 0.15) is 6.61 Å². The van der Waals surface area contributed by atoms with E-state index in [0.717, 1.165) is 31.5 Å². The van der Waals surface area contributed by atoms with Gasteiger partial charge in [-0.25, -0.2) is 0 Å². The van der Waals surface area contributed by atoms with Crippen molar-refractivity contribution in [3.05, 3.63) is 59.5 Å². The molecule has 7 nitrogen and oxygen atoms in total. The van der Waals surface area contributed by atoms with Crippen LogP contribution in [0.15, 0.2) is 47.1 Å². The first-order chi connectivity index (χ1) is 14.6. The number of nitrogens with zero attached hydrogens (tertiary/aromatic N) is 2. The largest absolute Gasteiger partial charge is 0.461 e. The molecule has 2 saturated heterocycles. The number of hydrogen-bond acceptors (Lipinski definition) is 5. The van der Waals surface area contributed by atoms with Gasteiger partial charge in [0.15, 0.2) is 5.76 Å². The highest BCUT2D eigenvalue weighted by atomic mass is 16.5. The van der Waals surface area contributed by atoms with Crippen LogP contribution in [0.25, 0.3) is 0 Å². The fourth-order valence-electron chi connectivity index (χ4n) is 3.99. The molecular formula is C23H26N2O5. The van der Waals surface area contributed by atoms with E-state index in [9.17, 15) is 14.4 Å². The lowest BCUT2D eigenvalue weighted by molar-refractivity contribution is -0.151. The summed E-state index contributed by atoms with van der Waals surface area (Å²) in [6.07, 6.45) is 4.76. The molecule has 3 heterocycles. The Hall–Kier alpha value is -3.09. The van der Waals surface area contributed by atoms with Gasteiger partial charge in [-0.3, -0.25) is 14.4 Å². The molecule has 7 heteroatoms. The molecule has 0 radical (unpaired) electrons. The summed E-state index contributed by atoms with van der Waals surface area (Å²) >= 11 is 0. The molecule has 0 aliphatic carbocycles. The van der Waals surface area contributed by atoms with E-state index in [0.29, 0.717) is 37.3 Å². The number of carbonyl (C=O) groups excluding carboxylic acids is 3. The zero-order chi connectivity index (χ0) is 20.9. The van der Waals surface area contributed by atoms with E-state index in [4.69, 9.17) is 9.15 Å². The first-order valence-electron chi connectivity index (χ1n) is 10.5. The van der Waals surface area contributed by atoms with Crippen molar-refractivity contribution in [2.75, 3.05) is 26.2 Å². The predicted octanol–water partition coefficient (Wildman–Crippen LogP) is 3.11. The lowest BCUT2D eigenvalue weighted by Gasteiger charge is -2.30. The highest BCUT2D eigenvalue weighted by molar-refractivity contribution is 5.94. The minimum absolute atomic E-state index is 0.0619. The SMILES string of the molecule is O=C(OCc1ccc(C(=O)N2CCCC2)cc1)C1CCN(C(=O)c2ccco2)CC1. The maximum atomic E-state index is 12.4. The Balaban J connectivity index is 1.23. The van der Waals surface area contributed by atoms with E-state index < -0.39 is 0 Å². The van der Waals surface area contributed by atoms with Gasteiger partial charge >= 0.3 is 5.97 Å². The number of likely N-dealkylation sites (tertiary alicyclic amines) is 2. The molecular weight excluding hydrogens is 384 g/mol. The summed E-state index contributed by atoms with van der Waals surface area (Å²) in [7, 11) is 0. The van der Waals surface area contributed by atoms with E-state index in [2.05, 4.69) is 0 Å². The average Bonchev–Trinajstić information content (AvgIpc) is 3.51. The Morgan fingerprint density at radius 2 is 1.57 bits per heavy atom. The van der Waals surface area contributed by atoms with Gasteiger partial charge in [0, 0.05) is 31.7 Å². The lowest BCUT2D eigenvalue weighted by atomic mass is 9.97. The van der Waals surface area contributed by atoms with Crippen LogP contribution in [0.5, 0.6) is 0 Å². The summed E-state index contributed by atoms with van der Waals surface area (Å²) in [6, 6.07) is 10.6. The summed E-state index contributed by atoms with van der Waals surface area (Å²) in [4.78, 5) is 40.7. The van der Waals surface area contributed by atoms with E-state index in [1.165, 1.54) is 6.26 Å². The van der Waals surface area contributed by atoms with Crippen LogP contribution in [0.2, 0.25) is 0 Å². The molecule has 0 bridgehead atoms. The number of carbonyl (C=O) groups is 3. The fourth-order valence-corrected chi connectivity index (χ4v) is 3.99. The predicted molar refractivity (Wildman–Crippen MR) is 109 cm³/mol. The number of ether oxygens (including phenoxy) is 1. The molecule has 0 spiro atoms. The van der Waals surface area contributed by atoms with Crippen LogP contribution in [0.3, 0.4) is 0 Å². The minimum Gasteiger partial charge on any atom is -0.461 e. The third-order valence-corrected chi connectivity index (χ3v) is 5.82. The monoisotopic (exact) mass is 410 g/mol. The molecule has 0 N–H and O–H groups in total. The number of piperidine rings is 1. The van der Waals surface area contributed by atoms with Gasteiger partial charge in [0.05, 0.1) is 12.2 Å². The molecule has 158 valence electrons. The zero-order valence-corrected chi connectivity index (χ0v) is 16.9. The standard InChI is InChI=1S/C23H26N2O5/c26-21(24-11-1-2-12-24)18-7-5-17(6-8-18)16-30-23(28)19-9-13-25(14-10-19)22(27)20-4-3-15-29-20/h3-8,15,19H,1-2,9-14,16H2. The number of esters is 1. The van der Waals surface area contributed by atoms with Crippen LogP contribution >= 0.6 is 0 Å². The van der Waals surface area contributed by atoms with Crippen LogP contribution < -0.4 is 0 Å². The topological polar surface area (TPSA) is 80.1 Å². The summed E-state index contributed by atoms with van der Waals surface area (Å²) in [5.41, 5.74) is 1.52. The molecule has 2 aliphatic heterocycles. The van der Waals surface area contributed by atoms with Crippen LogP contribution in [-0.2, 0) is 16.1 Å². The van der Waals surface area contributed by atoms with Crippen molar-refractivity contribution >= 4 is 17.8 Å². The van der Waals surface area contributed by atoms with E-state index >= 15 is 0 Å². The van der Waals surface area contributed by atoms with E-state index in [1.807, 2.05) is 17.0 Å². The van der Waals surface area contributed by atoms with Crippen molar-refractivity contribution in [3.63, 3.8) is 0 Å². The summed E-state index contributed by atoms with van der Waals surface area (Å²) in [6.45, 7) is 2.84. The van der Waals surface area contributed by atoms with Crippen LogP contribution in [-0.4, -0.2) is 53.8 Å². The highest BCUT2D eigenvalue weighted by Crippen LogP contribution is 2.21. The third-order valence-electron chi connectivity index (χ3n) is 5.82. The van der Waals surface area contributed by atoms with Gasteiger partial charge in [-0.05, 0) is 55.5 Å². The van der Waals surface area contributed by atoms with Crippen molar-refractivity contribution in [3.8, 4) is 0 Å². The first-order valence-corrected chi connectivity index (χ1v) is 10.5. The smallest absolute Gasteiger partial charge is 0.309 e. The normalized spacial score (nSPS) is 17.2. The molecule has 2 aromatic rings. The van der Waals surface area contributed by atoms with Gasteiger partial charge in [-0.15, -0.1) is 0 Å². The molecule has 30 heavy (non-hydrogen) atoms. The van der Waals surface area contributed by atoms with Gasteiger partial charge < -0.3 is 19.0 Å². The first kappa shape index (κ1) is 20.2. The quantitative estimate of drug-likeness (QED) is 0.708. The van der Waals surface area contributed by atoms with Crippen molar-refractivity contribution in [2.24, 2.45) is 5.92 Å². The molecule has 2 fully saturated rings. The Bertz CT molecular complexity index is 877. The summed E-state index contributed by atoms with van der Waals surface area (Å²) < 4.78 is 10.6. The molecule has 4 rings (SSSR count). The second-order valence-corrected chi connectivity index (χ2v) is 7.85. The van der Waals surface area contributed by atoms with Gasteiger partial charge in [0.2, 0.25) is 0 Å². The van der Waals surface area contributed by atoms with Gasteiger partial charge in [0.25, 0.3) is 11.8 Å². The maximum Gasteiger partial charge on any atom is 0.309 e. The van der Waals surface area contributed by atoms with Crippen molar-refractivity contribution in [1.29, 1.82) is 0 Å². The van der Waals surface area contributed by atoms with Crippen molar-refractivity contribution < 1.29 is 23.5 Å². The molecule has 0 unspecified atom stereocenters. The summed E-state index contributed by atoms with van der Waals surface area (Å²) in [5, 5.41) is 0. The second kappa shape index (κ2) is 9.15. The average molecular weight is 410 g/mol. The molecule has 0 saturated carbocycles. The van der Waals surface area contributed by atoms with Crippen molar-refractivity contribution in [1.82, 2.24) is 9.80 Å². The summed E-state index contributed by atoms with van der Waals surface area (Å²) in [5.74, 6) is -0.205. The highest BCUT2D eigenvalue weighted by Gasteiger charge is 2.29.